The van der Waals surface area contributed by atoms with Crippen LogP contribution in [0, 0.1) is 5.82 Å². The van der Waals surface area contributed by atoms with Gasteiger partial charge in [-0.2, -0.15) is 0 Å². The van der Waals surface area contributed by atoms with Crippen LogP contribution < -0.4 is 15.4 Å². The minimum Gasteiger partial charge on any atom is -0.495 e. The Balaban J connectivity index is 1.27. The predicted octanol–water partition coefficient (Wildman–Crippen LogP) is 4.66. The molecule has 1 aliphatic carbocycles. The van der Waals surface area contributed by atoms with Crippen molar-refractivity contribution in [1.29, 1.82) is 0 Å². The maximum atomic E-state index is 13.3. The van der Waals surface area contributed by atoms with Crippen molar-refractivity contribution in [3.8, 4) is 5.75 Å². The number of hydrogen-bond acceptors (Lipinski definition) is 4. The van der Waals surface area contributed by atoms with Gasteiger partial charge in [-0.05, 0) is 61.6 Å². The summed E-state index contributed by atoms with van der Waals surface area (Å²) in [7, 11) is 1.52. The van der Waals surface area contributed by atoms with E-state index in [4.69, 9.17) is 16.3 Å². The van der Waals surface area contributed by atoms with Gasteiger partial charge in [-0.3, -0.25) is 9.69 Å². The maximum Gasteiger partial charge on any atom is 0.319 e. The van der Waals surface area contributed by atoms with Crippen LogP contribution in [0.5, 0.6) is 5.75 Å². The van der Waals surface area contributed by atoms with Gasteiger partial charge in [0.2, 0.25) is 5.91 Å². The van der Waals surface area contributed by atoms with E-state index in [1.165, 1.54) is 19.2 Å². The van der Waals surface area contributed by atoms with Gasteiger partial charge in [0.1, 0.15) is 11.6 Å². The molecule has 3 aliphatic rings. The van der Waals surface area contributed by atoms with E-state index in [-0.39, 0.29) is 35.9 Å². The summed E-state index contributed by atoms with van der Waals surface area (Å²) >= 11 is 6.29. The fraction of sp³-hybridized carbons (Fsp3) is 0.407. The summed E-state index contributed by atoms with van der Waals surface area (Å²) in [5.41, 5.74) is 2.21. The molecule has 9 heteroatoms. The third-order valence-corrected chi connectivity index (χ3v) is 7.32. The van der Waals surface area contributed by atoms with Gasteiger partial charge in [-0.15, -0.1) is 0 Å². The van der Waals surface area contributed by atoms with Crippen LogP contribution in [0.2, 0.25) is 5.02 Å². The fourth-order valence-electron chi connectivity index (χ4n) is 5.12. The predicted molar refractivity (Wildman–Crippen MR) is 138 cm³/mol. The number of fused-ring (bicyclic) bond motifs is 2. The SMILES string of the molecule is COc1cc(C=CC(=O)N2C3CCC2CN(Cc2ccc(F)cc2)C3)c(NC(=O)NC2CC2)cc1Cl. The minimum atomic E-state index is -0.296. The van der Waals surface area contributed by atoms with Crippen LogP contribution in [0.15, 0.2) is 42.5 Å². The third kappa shape index (κ3) is 5.65. The highest BCUT2D eigenvalue weighted by Crippen LogP contribution is 2.34. The lowest BCUT2D eigenvalue weighted by molar-refractivity contribution is -0.131. The quantitative estimate of drug-likeness (QED) is 0.529. The van der Waals surface area contributed by atoms with Gasteiger partial charge in [0, 0.05) is 49.4 Å². The normalized spacial score (nSPS) is 21.6. The Morgan fingerprint density at radius 1 is 1.11 bits per heavy atom. The molecule has 5 rings (SSSR count). The fourth-order valence-corrected chi connectivity index (χ4v) is 5.36. The number of methoxy groups -OCH3 is 1. The molecule has 2 N–H and O–H groups in total. The van der Waals surface area contributed by atoms with Crippen molar-refractivity contribution in [2.75, 3.05) is 25.5 Å². The summed E-state index contributed by atoms with van der Waals surface area (Å²) in [6.07, 6.45) is 7.17. The average Bonchev–Trinajstić information content (AvgIpc) is 3.62. The molecule has 3 amide bonds. The second-order valence-corrected chi connectivity index (χ2v) is 10.1. The van der Waals surface area contributed by atoms with E-state index < -0.39 is 0 Å². The number of carbonyl (C=O) groups is 2. The molecule has 3 fully saturated rings. The van der Waals surface area contributed by atoms with E-state index in [0.717, 1.165) is 50.9 Å². The number of halogens is 2. The number of nitrogens with one attached hydrogen (secondary N) is 2. The number of amides is 3. The largest absolute Gasteiger partial charge is 0.495 e. The van der Waals surface area contributed by atoms with Crippen LogP contribution in [0.1, 0.15) is 36.8 Å². The minimum absolute atomic E-state index is 0.0498. The van der Waals surface area contributed by atoms with Crippen LogP contribution in [-0.2, 0) is 11.3 Å². The highest BCUT2D eigenvalue weighted by Gasteiger charge is 2.41. The van der Waals surface area contributed by atoms with Crippen LogP contribution in [0.3, 0.4) is 0 Å². The number of likely N-dealkylation sites (tertiary alicyclic amines) is 1. The van der Waals surface area contributed by atoms with E-state index in [1.807, 2.05) is 17.0 Å². The summed E-state index contributed by atoms with van der Waals surface area (Å²) < 4.78 is 18.6. The second kappa shape index (κ2) is 10.5. The molecule has 0 spiro atoms. The smallest absolute Gasteiger partial charge is 0.319 e. The number of ether oxygens (including phenoxy) is 1. The molecule has 2 unspecified atom stereocenters. The van der Waals surface area contributed by atoms with Gasteiger partial charge >= 0.3 is 6.03 Å². The number of rotatable bonds is 7. The molecule has 1 saturated carbocycles. The monoisotopic (exact) mass is 512 g/mol. The molecule has 2 atom stereocenters. The molecule has 2 heterocycles. The summed E-state index contributed by atoms with van der Waals surface area (Å²) in [4.78, 5) is 29.9. The Morgan fingerprint density at radius 2 is 1.81 bits per heavy atom. The lowest BCUT2D eigenvalue weighted by atomic mass is 10.1. The first-order chi connectivity index (χ1) is 17.4. The van der Waals surface area contributed by atoms with Crippen molar-refractivity contribution in [1.82, 2.24) is 15.1 Å². The molecule has 2 saturated heterocycles. The molecule has 2 aliphatic heterocycles. The lowest BCUT2D eigenvalue weighted by Crippen LogP contribution is -2.55. The third-order valence-electron chi connectivity index (χ3n) is 7.02. The van der Waals surface area contributed by atoms with E-state index >= 15 is 0 Å². The molecular formula is C27H30ClFN4O3. The van der Waals surface area contributed by atoms with Crippen molar-refractivity contribution >= 4 is 35.3 Å². The van der Waals surface area contributed by atoms with Crippen molar-refractivity contribution in [2.45, 2.75) is 50.4 Å². The zero-order valence-corrected chi connectivity index (χ0v) is 20.9. The molecule has 0 aromatic heterocycles. The van der Waals surface area contributed by atoms with Gasteiger partial charge in [-0.25, -0.2) is 9.18 Å². The van der Waals surface area contributed by atoms with Gasteiger partial charge in [0.15, 0.2) is 0 Å². The molecule has 2 bridgehead atoms. The van der Waals surface area contributed by atoms with Crippen molar-refractivity contribution < 1.29 is 18.7 Å². The highest BCUT2D eigenvalue weighted by molar-refractivity contribution is 6.32. The Bertz CT molecular complexity index is 1150. The van der Waals surface area contributed by atoms with Crippen molar-refractivity contribution in [3.05, 3.63) is 64.4 Å². The number of urea groups is 1. The Hall–Kier alpha value is -3.10. The molecule has 36 heavy (non-hydrogen) atoms. The van der Waals surface area contributed by atoms with Crippen LogP contribution in [0.25, 0.3) is 6.08 Å². The highest BCUT2D eigenvalue weighted by atomic mass is 35.5. The Kier molecular flexibility index (Phi) is 7.16. The van der Waals surface area contributed by atoms with Crippen LogP contribution >= 0.6 is 11.6 Å². The Morgan fingerprint density at radius 3 is 2.44 bits per heavy atom. The maximum absolute atomic E-state index is 13.3. The molecular weight excluding hydrogens is 483 g/mol. The lowest BCUT2D eigenvalue weighted by Gasteiger charge is -2.40. The first-order valence-electron chi connectivity index (χ1n) is 12.3. The molecule has 0 radical (unpaired) electrons. The van der Waals surface area contributed by atoms with Crippen LogP contribution in [-0.4, -0.2) is 60.1 Å². The van der Waals surface area contributed by atoms with Gasteiger partial charge in [0.25, 0.3) is 0 Å². The number of benzene rings is 2. The zero-order chi connectivity index (χ0) is 25.2. The molecule has 7 nitrogen and oxygen atoms in total. The number of carbonyl (C=O) groups excluding carboxylic acids is 2. The summed E-state index contributed by atoms with van der Waals surface area (Å²) in [5.74, 6) is 0.179. The summed E-state index contributed by atoms with van der Waals surface area (Å²) in [5, 5.41) is 6.11. The zero-order valence-electron chi connectivity index (χ0n) is 20.2. The number of nitrogens with zero attached hydrogens (tertiary/aromatic N) is 2. The topological polar surface area (TPSA) is 73.9 Å². The number of hydrogen-bond donors (Lipinski definition) is 2. The molecule has 2 aromatic rings. The first kappa shape index (κ1) is 24.6. The van der Waals surface area contributed by atoms with Gasteiger partial charge in [-0.1, -0.05) is 23.7 Å². The van der Waals surface area contributed by atoms with E-state index in [2.05, 4.69) is 15.5 Å². The average molecular weight is 513 g/mol. The van der Waals surface area contributed by atoms with E-state index in [9.17, 15) is 14.0 Å². The summed E-state index contributed by atoms with van der Waals surface area (Å²) in [6.45, 7) is 2.32. The van der Waals surface area contributed by atoms with Crippen molar-refractivity contribution in [2.24, 2.45) is 0 Å². The standard InChI is InChI=1S/C27H30ClFN4O3/c1-36-25-12-18(24(13-23(25)28)31-27(35)30-20-7-8-20)4-11-26(34)33-21-9-10-22(33)16-32(15-21)14-17-2-5-19(29)6-3-17/h2-6,11-13,20-22H,7-10,14-16H2,1H3,(H2,30,31,35). The van der Waals surface area contributed by atoms with E-state index in [0.29, 0.717) is 22.0 Å². The first-order valence-corrected chi connectivity index (χ1v) is 12.7. The molecule has 2 aromatic carbocycles. The Labute approximate surface area is 215 Å². The van der Waals surface area contributed by atoms with Crippen molar-refractivity contribution in [3.63, 3.8) is 0 Å². The number of anilines is 1. The van der Waals surface area contributed by atoms with Gasteiger partial charge in [0.05, 0.1) is 17.8 Å². The van der Waals surface area contributed by atoms with E-state index in [1.54, 1.807) is 24.3 Å². The summed E-state index contributed by atoms with van der Waals surface area (Å²) in [6, 6.07) is 10.2. The second-order valence-electron chi connectivity index (χ2n) is 9.73. The molecule has 190 valence electrons. The van der Waals surface area contributed by atoms with Crippen LogP contribution in [0.4, 0.5) is 14.9 Å². The van der Waals surface area contributed by atoms with Gasteiger partial charge < -0.3 is 20.3 Å². The number of piperazine rings is 1.